The molecule has 232 valence electrons. The van der Waals surface area contributed by atoms with Gasteiger partial charge in [-0.2, -0.15) is 13.2 Å². The second-order valence-corrected chi connectivity index (χ2v) is 10.1. The number of nitrogens with one attached hydrogen (secondary N) is 2. The summed E-state index contributed by atoms with van der Waals surface area (Å²) in [6, 6.07) is 4.34. The van der Waals surface area contributed by atoms with Gasteiger partial charge < -0.3 is 29.4 Å². The van der Waals surface area contributed by atoms with Crippen LogP contribution in [0.3, 0.4) is 0 Å². The summed E-state index contributed by atoms with van der Waals surface area (Å²) in [6.07, 6.45) is -2.95. The van der Waals surface area contributed by atoms with Crippen molar-refractivity contribution in [2.45, 2.75) is 44.5 Å². The number of aromatic amines is 1. The van der Waals surface area contributed by atoms with Gasteiger partial charge in [0.15, 0.2) is 6.10 Å². The number of nitrogens with zero attached hydrogens (tertiary/aromatic N) is 4. The highest BCUT2D eigenvalue weighted by atomic mass is 19.4. The summed E-state index contributed by atoms with van der Waals surface area (Å²) in [5.74, 6) is -1.90. The number of aryl methyl sites for hydroxylation is 1. The summed E-state index contributed by atoms with van der Waals surface area (Å²) in [5.41, 5.74) is -0.213. The van der Waals surface area contributed by atoms with Crippen LogP contribution in [-0.4, -0.2) is 82.7 Å². The fourth-order valence-corrected chi connectivity index (χ4v) is 3.95. The maximum Gasteiger partial charge on any atom is 0.410 e. The number of anilines is 1. The quantitative estimate of drug-likeness (QED) is 0.252. The minimum absolute atomic E-state index is 0.0267. The largest absolute Gasteiger partial charge is 0.436 e. The van der Waals surface area contributed by atoms with Crippen LogP contribution in [0.5, 0.6) is 0 Å². The van der Waals surface area contributed by atoms with Gasteiger partial charge in [-0.3, -0.25) is 19.4 Å². The number of ether oxygens (including phenoxy) is 1. The zero-order chi connectivity index (χ0) is 31.9. The van der Waals surface area contributed by atoms with Crippen LogP contribution in [0.15, 0.2) is 47.5 Å². The van der Waals surface area contributed by atoms with E-state index in [2.05, 4.69) is 15.3 Å². The Morgan fingerprint density at radius 1 is 1.19 bits per heavy atom. The lowest BCUT2D eigenvalue weighted by Gasteiger charge is -2.19. The van der Waals surface area contributed by atoms with Crippen LogP contribution in [-0.2, 0) is 27.3 Å². The predicted octanol–water partition coefficient (Wildman–Crippen LogP) is 3.84. The zero-order valence-corrected chi connectivity index (χ0v) is 24.0. The van der Waals surface area contributed by atoms with E-state index in [0.717, 1.165) is 11.1 Å². The van der Waals surface area contributed by atoms with Crippen molar-refractivity contribution in [2.75, 3.05) is 33.5 Å². The summed E-state index contributed by atoms with van der Waals surface area (Å²) in [7, 11) is 6.05. The van der Waals surface area contributed by atoms with Crippen molar-refractivity contribution in [2.24, 2.45) is 0 Å². The minimum Gasteiger partial charge on any atom is -0.436 e. The van der Waals surface area contributed by atoms with Gasteiger partial charge in [0, 0.05) is 52.1 Å². The van der Waals surface area contributed by atoms with Gasteiger partial charge in [-0.1, -0.05) is 6.08 Å². The van der Waals surface area contributed by atoms with Crippen LogP contribution in [0.2, 0.25) is 0 Å². The van der Waals surface area contributed by atoms with E-state index in [0.29, 0.717) is 5.69 Å². The lowest BCUT2D eigenvalue weighted by Crippen LogP contribution is -2.37. The molecule has 0 bridgehead atoms. The molecular weight excluding hydrogens is 576 g/mol. The first-order valence-corrected chi connectivity index (χ1v) is 13.1. The molecule has 0 radical (unpaired) electrons. The van der Waals surface area contributed by atoms with E-state index in [1.165, 1.54) is 60.1 Å². The van der Waals surface area contributed by atoms with Gasteiger partial charge in [-0.15, -0.1) is 0 Å². The number of amides is 3. The number of carbonyl (C=O) groups is 3. The van der Waals surface area contributed by atoms with Gasteiger partial charge in [0.1, 0.15) is 11.5 Å². The number of hydrogen-bond acceptors (Lipinski definition) is 6. The van der Waals surface area contributed by atoms with Gasteiger partial charge in [0.25, 0.3) is 11.5 Å². The van der Waals surface area contributed by atoms with Crippen molar-refractivity contribution in [3.05, 3.63) is 70.2 Å². The standard InChI is InChI=1S/C28H32F4N6O5/c1-36(2)23(39)10-6-5-9-22(43-27(42)37(3)4)25(40)35-20-8-7-13-38(26(20)41)16-17-14-21-24(34-17)18(19(29)15-33-21)11-12-28(30,31)32/h6-8,10,13-15,22,34H,5,9,11-12,16H2,1-4H3,(H,35,40)/b10-6+. The Hall–Kier alpha value is -4.69. The fraction of sp³-hybridized carbons (Fsp3) is 0.393. The van der Waals surface area contributed by atoms with Crippen molar-refractivity contribution >= 4 is 34.6 Å². The van der Waals surface area contributed by atoms with Crippen molar-refractivity contribution in [3.8, 4) is 0 Å². The number of H-pyrrole nitrogens is 1. The minimum atomic E-state index is -4.47. The number of allylic oxidation sites excluding steroid dienone is 1. The molecule has 1 atom stereocenters. The van der Waals surface area contributed by atoms with E-state index in [4.69, 9.17) is 4.74 Å². The number of fused-ring (bicyclic) bond motifs is 1. The first-order valence-electron chi connectivity index (χ1n) is 13.1. The topological polar surface area (TPSA) is 130 Å². The highest BCUT2D eigenvalue weighted by Crippen LogP contribution is 2.27. The van der Waals surface area contributed by atoms with E-state index in [9.17, 15) is 36.7 Å². The summed E-state index contributed by atoms with van der Waals surface area (Å²) >= 11 is 0. The van der Waals surface area contributed by atoms with Crippen molar-refractivity contribution in [3.63, 3.8) is 0 Å². The highest BCUT2D eigenvalue weighted by molar-refractivity contribution is 5.95. The highest BCUT2D eigenvalue weighted by Gasteiger charge is 2.28. The van der Waals surface area contributed by atoms with Gasteiger partial charge in [-0.05, 0) is 43.5 Å². The Kier molecular flexibility index (Phi) is 10.7. The van der Waals surface area contributed by atoms with E-state index < -0.39 is 48.5 Å². The van der Waals surface area contributed by atoms with Crippen LogP contribution in [0.1, 0.15) is 30.5 Å². The molecule has 11 nitrogen and oxygen atoms in total. The summed E-state index contributed by atoms with van der Waals surface area (Å²) in [4.78, 5) is 59.4. The average molecular weight is 609 g/mol. The molecule has 3 aromatic heterocycles. The maximum atomic E-state index is 14.3. The molecule has 0 spiro atoms. The Bertz CT molecular complexity index is 1560. The Morgan fingerprint density at radius 2 is 1.91 bits per heavy atom. The molecule has 15 heteroatoms. The number of carbonyl (C=O) groups excluding carboxylic acids is 3. The monoisotopic (exact) mass is 608 g/mol. The molecule has 0 saturated carbocycles. The molecule has 0 aliphatic rings. The Balaban J connectivity index is 1.79. The smallest absolute Gasteiger partial charge is 0.410 e. The van der Waals surface area contributed by atoms with Crippen molar-refractivity contribution in [1.82, 2.24) is 24.3 Å². The molecule has 0 aliphatic carbocycles. The van der Waals surface area contributed by atoms with E-state index in [1.54, 1.807) is 14.1 Å². The van der Waals surface area contributed by atoms with Crippen LogP contribution < -0.4 is 10.9 Å². The molecule has 0 saturated heterocycles. The Morgan fingerprint density at radius 3 is 2.56 bits per heavy atom. The van der Waals surface area contributed by atoms with Gasteiger partial charge in [-0.25, -0.2) is 9.18 Å². The van der Waals surface area contributed by atoms with E-state index in [-0.39, 0.29) is 47.6 Å². The fourth-order valence-electron chi connectivity index (χ4n) is 3.95. The predicted molar refractivity (Wildman–Crippen MR) is 150 cm³/mol. The van der Waals surface area contributed by atoms with Crippen LogP contribution in [0.25, 0.3) is 11.0 Å². The second kappa shape index (κ2) is 14.0. The molecule has 3 aromatic rings. The van der Waals surface area contributed by atoms with Crippen LogP contribution in [0, 0.1) is 5.82 Å². The molecular formula is C28H32F4N6O5. The average Bonchev–Trinajstić information content (AvgIpc) is 3.33. The zero-order valence-electron chi connectivity index (χ0n) is 24.0. The summed E-state index contributed by atoms with van der Waals surface area (Å²) in [6.45, 7) is -0.0943. The molecule has 2 N–H and O–H groups in total. The number of likely N-dealkylation sites (N-methyl/N-ethyl adjacent to an activating group) is 1. The van der Waals surface area contributed by atoms with Gasteiger partial charge >= 0.3 is 12.3 Å². The van der Waals surface area contributed by atoms with Crippen molar-refractivity contribution < 1.29 is 36.7 Å². The number of pyridine rings is 2. The third-order valence-electron chi connectivity index (χ3n) is 6.23. The molecule has 1 unspecified atom stereocenters. The Labute approximate surface area is 244 Å². The summed E-state index contributed by atoms with van der Waals surface area (Å²) < 4.78 is 59.1. The van der Waals surface area contributed by atoms with Crippen LogP contribution in [0.4, 0.5) is 28.0 Å². The summed E-state index contributed by atoms with van der Waals surface area (Å²) in [5, 5.41) is 2.48. The third-order valence-corrected chi connectivity index (χ3v) is 6.23. The number of hydrogen-bond donors (Lipinski definition) is 2. The molecule has 0 aromatic carbocycles. The second-order valence-electron chi connectivity index (χ2n) is 10.1. The molecule has 0 fully saturated rings. The lowest BCUT2D eigenvalue weighted by atomic mass is 10.1. The maximum absolute atomic E-state index is 14.3. The first-order chi connectivity index (χ1) is 20.2. The molecule has 0 aliphatic heterocycles. The number of rotatable bonds is 11. The number of halogens is 4. The molecule has 3 amide bonds. The SMILES string of the molecule is CN(C)C(=O)/C=C/CCC(OC(=O)N(C)C)C(=O)Nc1cccn(Cc2cc3ncc(F)c(CCC(F)(F)F)c3[nH]2)c1=O. The van der Waals surface area contributed by atoms with Gasteiger partial charge in [0.2, 0.25) is 5.91 Å². The van der Waals surface area contributed by atoms with Crippen LogP contribution >= 0.6 is 0 Å². The van der Waals surface area contributed by atoms with Gasteiger partial charge in [0.05, 0.1) is 23.8 Å². The number of aromatic nitrogens is 3. The van der Waals surface area contributed by atoms with E-state index in [1.807, 2.05) is 0 Å². The number of alkyl halides is 3. The lowest BCUT2D eigenvalue weighted by molar-refractivity contribution is -0.134. The van der Waals surface area contributed by atoms with Crippen molar-refractivity contribution in [1.29, 1.82) is 0 Å². The first kappa shape index (κ1) is 32.8. The third kappa shape index (κ3) is 9.15. The van der Waals surface area contributed by atoms with E-state index >= 15 is 0 Å². The normalized spacial score (nSPS) is 12.4. The molecule has 3 heterocycles. The molecule has 43 heavy (non-hydrogen) atoms. The molecule has 3 rings (SSSR count).